The number of benzene rings is 2. The van der Waals surface area contributed by atoms with Crippen molar-refractivity contribution in [2.75, 3.05) is 0 Å². The topological polar surface area (TPSA) is 49.9 Å². The minimum absolute atomic E-state index is 0.0148. The van der Waals surface area contributed by atoms with E-state index in [2.05, 4.69) is 15.9 Å². The molecule has 0 radical (unpaired) electrons. The molecule has 0 unspecified atom stereocenters. The summed E-state index contributed by atoms with van der Waals surface area (Å²) in [6, 6.07) is 13.5. The summed E-state index contributed by atoms with van der Waals surface area (Å²) in [5.41, 5.74) is 5.99. The van der Waals surface area contributed by atoms with Crippen LogP contribution in [0.1, 0.15) is 5.56 Å². The SMILES string of the molecule is N=C(N)c1ccc(Sc2cccc(Br)c2)cc1Cl. The molecule has 2 aromatic carbocycles. The second kappa shape index (κ2) is 5.78. The molecule has 0 aliphatic rings. The summed E-state index contributed by atoms with van der Waals surface area (Å²) in [4.78, 5) is 2.14. The molecule has 0 saturated carbocycles. The second-order valence-electron chi connectivity index (χ2n) is 3.61. The lowest BCUT2D eigenvalue weighted by Crippen LogP contribution is -2.11. The van der Waals surface area contributed by atoms with Crippen molar-refractivity contribution in [2.24, 2.45) is 5.73 Å². The van der Waals surface area contributed by atoms with Gasteiger partial charge in [0.25, 0.3) is 0 Å². The largest absolute Gasteiger partial charge is 0.384 e. The summed E-state index contributed by atoms with van der Waals surface area (Å²) in [6.45, 7) is 0. The predicted octanol–water partition coefficient (Wildman–Crippen LogP) is 4.54. The maximum Gasteiger partial charge on any atom is 0.124 e. The molecule has 92 valence electrons. The molecule has 0 aliphatic heterocycles. The van der Waals surface area contributed by atoms with Crippen molar-refractivity contribution in [1.29, 1.82) is 5.41 Å². The summed E-state index contributed by atoms with van der Waals surface area (Å²) < 4.78 is 1.04. The number of nitrogens with one attached hydrogen (secondary N) is 1. The molecule has 0 saturated heterocycles. The van der Waals surface area contributed by atoms with E-state index in [4.69, 9.17) is 22.7 Å². The number of nitrogens with two attached hydrogens (primary N) is 1. The van der Waals surface area contributed by atoms with Gasteiger partial charge in [-0.2, -0.15) is 0 Å². The second-order valence-corrected chi connectivity index (χ2v) is 6.08. The van der Waals surface area contributed by atoms with E-state index in [1.54, 1.807) is 17.8 Å². The molecule has 0 spiro atoms. The van der Waals surface area contributed by atoms with E-state index in [1.807, 2.05) is 36.4 Å². The van der Waals surface area contributed by atoms with Crippen molar-refractivity contribution in [3.63, 3.8) is 0 Å². The molecule has 0 amide bonds. The fraction of sp³-hybridized carbons (Fsp3) is 0. The highest BCUT2D eigenvalue weighted by Crippen LogP contribution is 2.31. The Morgan fingerprint density at radius 2 is 1.89 bits per heavy atom. The van der Waals surface area contributed by atoms with Gasteiger partial charge in [-0.1, -0.05) is 45.4 Å². The van der Waals surface area contributed by atoms with Crippen molar-refractivity contribution >= 4 is 45.1 Å². The Morgan fingerprint density at radius 3 is 2.50 bits per heavy atom. The van der Waals surface area contributed by atoms with Gasteiger partial charge in [-0.3, -0.25) is 5.41 Å². The Morgan fingerprint density at radius 1 is 1.17 bits per heavy atom. The third-order valence-corrected chi connectivity index (χ3v) is 4.05. The summed E-state index contributed by atoms with van der Waals surface area (Å²) in [5, 5.41) is 7.88. The van der Waals surface area contributed by atoms with E-state index in [-0.39, 0.29) is 5.84 Å². The molecule has 2 rings (SSSR count). The first-order valence-corrected chi connectivity index (χ1v) is 7.12. The maximum atomic E-state index is 7.38. The van der Waals surface area contributed by atoms with E-state index in [0.29, 0.717) is 10.6 Å². The summed E-state index contributed by atoms with van der Waals surface area (Å²) in [6.07, 6.45) is 0. The minimum Gasteiger partial charge on any atom is -0.384 e. The van der Waals surface area contributed by atoms with Crippen molar-refractivity contribution in [1.82, 2.24) is 0 Å². The molecular weight excluding hydrogens is 332 g/mol. The molecule has 0 aromatic heterocycles. The van der Waals surface area contributed by atoms with Gasteiger partial charge < -0.3 is 5.73 Å². The molecule has 3 N–H and O–H groups in total. The van der Waals surface area contributed by atoms with Gasteiger partial charge in [-0.05, 0) is 36.4 Å². The van der Waals surface area contributed by atoms with Gasteiger partial charge in [-0.15, -0.1) is 0 Å². The van der Waals surface area contributed by atoms with E-state index in [1.165, 1.54) is 0 Å². The molecule has 0 heterocycles. The smallest absolute Gasteiger partial charge is 0.124 e. The normalized spacial score (nSPS) is 10.3. The van der Waals surface area contributed by atoms with Crippen LogP contribution in [-0.4, -0.2) is 5.84 Å². The first kappa shape index (κ1) is 13.5. The Labute approximate surface area is 123 Å². The van der Waals surface area contributed by atoms with Crippen LogP contribution in [0, 0.1) is 5.41 Å². The van der Waals surface area contributed by atoms with Gasteiger partial charge >= 0.3 is 0 Å². The van der Waals surface area contributed by atoms with E-state index in [9.17, 15) is 0 Å². The first-order chi connectivity index (χ1) is 8.56. The summed E-state index contributed by atoms with van der Waals surface area (Å²) in [7, 11) is 0. The molecule has 5 heteroatoms. The zero-order valence-corrected chi connectivity index (χ0v) is 12.4. The Hall–Kier alpha value is -0.970. The monoisotopic (exact) mass is 340 g/mol. The zero-order valence-electron chi connectivity index (χ0n) is 9.28. The fourth-order valence-corrected chi connectivity index (χ4v) is 3.26. The highest BCUT2D eigenvalue weighted by Gasteiger charge is 2.05. The van der Waals surface area contributed by atoms with Gasteiger partial charge in [0, 0.05) is 19.8 Å². The van der Waals surface area contributed by atoms with Gasteiger partial charge in [0.15, 0.2) is 0 Å². The highest BCUT2D eigenvalue weighted by molar-refractivity contribution is 9.10. The number of rotatable bonds is 3. The number of hydrogen-bond donors (Lipinski definition) is 2. The zero-order chi connectivity index (χ0) is 13.1. The van der Waals surface area contributed by atoms with Crippen LogP contribution in [0.15, 0.2) is 56.7 Å². The highest BCUT2D eigenvalue weighted by atomic mass is 79.9. The van der Waals surface area contributed by atoms with E-state index in [0.717, 1.165) is 14.3 Å². The fourth-order valence-electron chi connectivity index (χ4n) is 1.44. The van der Waals surface area contributed by atoms with Crippen LogP contribution < -0.4 is 5.73 Å². The van der Waals surface area contributed by atoms with Crippen LogP contribution in [0.4, 0.5) is 0 Å². The van der Waals surface area contributed by atoms with Crippen LogP contribution in [0.25, 0.3) is 0 Å². The van der Waals surface area contributed by atoms with Crippen molar-refractivity contribution in [2.45, 2.75) is 9.79 Å². The molecule has 2 nitrogen and oxygen atoms in total. The lowest BCUT2D eigenvalue weighted by molar-refractivity contribution is 1.37. The van der Waals surface area contributed by atoms with Gasteiger partial charge in [0.05, 0.1) is 5.02 Å². The molecule has 2 aromatic rings. The van der Waals surface area contributed by atoms with E-state index < -0.39 is 0 Å². The first-order valence-electron chi connectivity index (χ1n) is 5.13. The molecular formula is C13H10BrClN2S. The van der Waals surface area contributed by atoms with Crippen LogP contribution >= 0.6 is 39.3 Å². The Bertz CT molecular complexity index is 601. The Balaban J connectivity index is 2.25. The van der Waals surface area contributed by atoms with Crippen molar-refractivity contribution in [3.8, 4) is 0 Å². The van der Waals surface area contributed by atoms with Crippen molar-refractivity contribution < 1.29 is 0 Å². The van der Waals surface area contributed by atoms with E-state index >= 15 is 0 Å². The summed E-state index contributed by atoms with van der Waals surface area (Å²) >= 11 is 11.1. The number of amidine groups is 1. The number of hydrogen-bond acceptors (Lipinski definition) is 2. The average molecular weight is 342 g/mol. The lowest BCUT2D eigenvalue weighted by atomic mass is 10.2. The molecule has 18 heavy (non-hydrogen) atoms. The van der Waals surface area contributed by atoms with Crippen LogP contribution in [0.2, 0.25) is 5.02 Å². The molecule has 0 atom stereocenters. The summed E-state index contributed by atoms with van der Waals surface area (Å²) in [5.74, 6) is -0.0148. The number of halogens is 2. The maximum absolute atomic E-state index is 7.38. The quantitative estimate of drug-likeness (QED) is 0.636. The van der Waals surface area contributed by atoms with Crippen LogP contribution in [-0.2, 0) is 0 Å². The van der Waals surface area contributed by atoms with Crippen molar-refractivity contribution in [3.05, 3.63) is 57.5 Å². The predicted molar refractivity (Wildman–Crippen MR) is 80.7 cm³/mol. The van der Waals surface area contributed by atoms with Crippen LogP contribution in [0.5, 0.6) is 0 Å². The number of nitrogen functional groups attached to an aromatic ring is 1. The van der Waals surface area contributed by atoms with Crippen LogP contribution in [0.3, 0.4) is 0 Å². The standard InChI is InChI=1S/C13H10BrClN2S/c14-8-2-1-3-9(6-8)18-10-4-5-11(13(16)17)12(15)7-10/h1-7H,(H3,16,17). The third kappa shape index (κ3) is 3.28. The lowest BCUT2D eigenvalue weighted by Gasteiger charge is -2.06. The third-order valence-electron chi connectivity index (χ3n) is 2.26. The van der Waals surface area contributed by atoms with Gasteiger partial charge in [0.1, 0.15) is 5.84 Å². The minimum atomic E-state index is -0.0148. The molecule has 0 aliphatic carbocycles. The molecule has 0 fully saturated rings. The molecule has 0 bridgehead atoms. The van der Waals surface area contributed by atoms with Gasteiger partial charge in [0.2, 0.25) is 0 Å². The Kier molecular flexibility index (Phi) is 4.32. The van der Waals surface area contributed by atoms with Gasteiger partial charge in [-0.25, -0.2) is 0 Å². The average Bonchev–Trinajstić information content (AvgIpc) is 2.28.